The van der Waals surface area contributed by atoms with Crippen LogP contribution in [0.4, 0.5) is 17.6 Å². The van der Waals surface area contributed by atoms with Crippen LogP contribution in [0.15, 0.2) is 4.90 Å². The zero-order valence-electron chi connectivity index (χ0n) is 10.9. The summed E-state index contributed by atoms with van der Waals surface area (Å²) >= 11 is 0. The fourth-order valence-electron chi connectivity index (χ4n) is 1.36. The zero-order valence-corrected chi connectivity index (χ0v) is 11.7. The second-order valence-corrected chi connectivity index (χ2v) is 6.07. The van der Waals surface area contributed by atoms with E-state index in [9.17, 15) is 26.0 Å². The summed E-state index contributed by atoms with van der Waals surface area (Å²) in [7, 11) is -3.93. The second kappa shape index (κ2) is 5.96. The molecule has 9 heteroatoms. The summed E-state index contributed by atoms with van der Waals surface area (Å²) in [4.78, 5) is -1.70. The minimum absolute atomic E-state index is 0.142. The Balaban J connectivity index is 3.47. The normalized spacial score (nSPS) is 12.0. The molecule has 20 heavy (non-hydrogen) atoms. The molecule has 0 aliphatic rings. The first-order valence-corrected chi connectivity index (χ1v) is 7.01. The van der Waals surface area contributed by atoms with Crippen molar-refractivity contribution in [2.24, 2.45) is 5.92 Å². The fourth-order valence-corrected chi connectivity index (χ4v) is 2.70. The minimum atomic E-state index is -4.72. The van der Waals surface area contributed by atoms with E-state index in [1.54, 1.807) is 13.8 Å². The van der Waals surface area contributed by atoms with Crippen molar-refractivity contribution in [2.75, 3.05) is 13.7 Å². The van der Waals surface area contributed by atoms with E-state index >= 15 is 0 Å². The van der Waals surface area contributed by atoms with Gasteiger partial charge in [0.1, 0.15) is 0 Å². The lowest BCUT2D eigenvalue weighted by Gasteiger charge is -2.13. The zero-order chi connectivity index (χ0) is 15.7. The first-order chi connectivity index (χ1) is 9.13. The van der Waals surface area contributed by atoms with Crippen LogP contribution in [0.2, 0.25) is 0 Å². The maximum Gasteiger partial charge on any atom is 0.246 e. The molecule has 0 heterocycles. The highest BCUT2D eigenvalue weighted by atomic mass is 32.2. The highest BCUT2D eigenvalue weighted by molar-refractivity contribution is 7.89. The van der Waals surface area contributed by atoms with Crippen molar-refractivity contribution < 1.29 is 30.7 Å². The van der Waals surface area contributed by atoms with Crippen molar-refractivity contribution in [3.05, 3.63) is 23.3 Å². The van der Waals surface area contributed by atoms with E-state index < -0.39 is 43.9 Å². The summed E-state index contributed by atoms with van der Waals surface area (Å²) in [6.07, 6.45) is 0. The summed E-state index contributed by atoms with van der Waals surface area (Å²) in [5.74, 6) is -9.35. The van der Waals surface area contributed by atoms with Crippen LogP contribution in [0.25, 0.3) is 0 Å². The number of sulfonamides is 1. The van der Waals surface area contributed by atoms with Crippen molar-refractivity contribution in [3.8, 4) is 5.75 Å². The number of hydrogen-bond acceptors (Lipinski definition) is 3. The number of halogens is 4. The van der Waals surface area contributed by atoms with Crippen LogP contribution in [-0.2, 0) is 10.0 Å². The molecule has 0 saturated carbocycles. The van der Waals surface area contributed by atoms with Gasteiger partial charge in [-0.05, 0) is 5.92 Å². The largest absolute Gasteiger partial charge is 0.491 e. The molecule has 0 fully saturated rings. The molecule has 0 radical (unpaired) electrons. The van der Waals surface area contributed by atoms with Crippen LogP contribution >= 0.6 is 0 Å². The average Bonchev–Trinajstić information content (AvgIpc) is 2.35. The van der Waals surface area contributed by atoms with Gasteiger partial charge in [0.25, 0.3) is 0 Å². The molecule has 0 saturated heterocycles. The van der Waals surface area contributed by atoms with Crippen LogP contribution in [0, 0.1) is 29.2 Å². The third-order valence-electron chi connectivity index (χ3n) is 2.34. The van der Waals surface area contributed by atoms with Crippen molar-refractivity contribution in [1.29, 1.82) is 0 Å². The monoisotopic (exact) mass is 315 g/mol. The van der Waals surface area contributed by atoms with Gasteiger partial charge < -0.3 is 4.74 Å². The fraction of sp³-hybridized carbons (Fsp3) is 0.455. The Hall–Kier alpha value is -1.35. The predicted octanol–water partition coefficient (Wildman–Crippen LogP) is 2.19. The predicted molar refractivity (Wildman–Crippen MR) is 62.9 cm³/mol. The molecule has 1 rings (SSSR count). The molecule has 0 aromatic heterocycles. The summed E-state index contributed by atoms with van der Waals surface area (Å²) in [5.41, 5.74) is 0. The van der Waals surface area contributed by atoms with Crippen LogP contribution in [-0.4, -0.2) is 22.1 Å². The maximum atomic E-state index is 13.6. The minimum Gasteiger partial charge on any atom is -0.491 e. The molecular formula is C11H13F4NO3S. The third-order valence-corrected chi connectivity index (χ3v) is 3.78. The molecule has 0 aliphatic carbocycles. The van der Waals surface area contributed by atoms with Crippen LogP contribution < -0.4 is 9.46 Å². The summed E-state index contributed by atoms with van der Waals surface area (Å²) < 4.78 is 83.6. The van der Waals surface area contributed by atoms with Gasteiger partial charge in [-0.15, -0.1) is 0 Å². The average molecular weight is 315 g/mol. The SMILES string of the molecule is COc1c(F)c(F)c(S(=O)(=O)NCC(C)C)c(F)c1F. The van der Waals surface area contributed by atoms with Gasteiger partial charge in [-0.25, -0.2) is 21.9 Å². The summed E-state index contributed by atoms with van der Waals surface area (Å²) in [6, 6.07) is 0. The van der Waals surface area contributed by atoms with E-state index in [-0.39, 0.29) is 12.5 Å². The van der Waals surface area contributed by atoms with E-state index in [1.807, 2.05) is 4.72 Å². The standard InChI is InChI=1S/C11H13F4NO3S/c1-5(2)4-16-20(17,18)11-8(14)6(12)10(19-3)7(13)9(11)15/h5,16H,4H2,1-3H3. The molecule has 0 atom stereocenters. The van der Waals surface area contributed by atoms with E-state index in [4.69, 9.17) is 0 Å². The molecule has 0 spiro atoms. The molecule has 0 aliphatic heterocycles. The highest BCUT2D eigenvalue weighted by Gasteiger charge is 2.33. The van der Waals surface area contributed by atoms with E-state index in [2.05, 4.69) is 4.74 Å². The van der Waals surface area contributed by atoms with Crippen LogP contribution in [0.1, 0.15) is 13.8 Å². The van der Waals surface area contributed by atoms with Gasteiger partial charge in [-0.3, -0.25) is 0 Å². The van der Waals surface area contributed by atoms with Gasteiger partial charge in [0.05, 0.1) is 7.11 Å². The van der Waals surface area contributed by atoms with Crippen molar-refractivity contribution in [1.82, 2.24) is 4.72 Å². The Morgan fingerprint density at radius 1 is 1.05 bits per heavy atom. The Kier molecular flexibility index (Phi) is 4.98. The third kappa shape index (κ3) is 3.04. The Morgan fingerprint density at radius 3 is 1.85 bits per heavy atom. The number of ether oxygens (including phenoxy) is 1. The molecule has 1 aromatic carbocycles. The van der Waals surface area contributed by atoms with E-state index in [1.165, 1.54) is 0 Å². The molecule has 0 unspecified atom stereocenters. The lowest BCUT2D eigenvalue weighted by molar-refractivity contribution is 0.322. The molecule has 1 aromatic rings. The van der Waals surface area contributed by atoms with Crippen LogP contribution in [0.3, 0.4) is 0 Å². The quantitative estimate of drug-likeness (QED) is 0.669. The first-order valence-electron chi connectivity index (χ1n) is 5.53. The van der Waals surface area contributed by atoms with Crippen LogP contribution in [0.5, 0.6) is 5.75 Å². The topological polar surface area (TPSA) is 55.4 Å². The molecule has 0 bridgehead atoms. The van der Waals surface area contributed by atoms with E-state index in [0.29, 0.717) is 0 Å². The van der Waals surface area contributed by atoms with Gasteiger partial charge in [0.2, 0.25) is 21.7 Å². The van der Waals surface area contributed by atoms with Crippen molar-refractivity contribution in [2.45, 2.75) is 18.7 Å². The maximum absolute atomic E-state index is 13.6. The second-order valence-electron chi connectivity index (χ2n) is 4.36. The van der Waals surface area contributed by atoms with Gasteiger partial charge in [-0.1, -0.05) is 13.8 Å². The highest BCUT2D eigenvalue weighted by Crippen LogP contribution is 2.32. The van der Waals surface area contributed by atoms with Gasteiger partial charge >= 0.3 is 0 Å². The molecule has 114 valence electrons. The lowest BCUT2D eigenvalue weighted by atomic mass is 10.2. The first kappa shape index (κ1) is 16.7. The molecule has 1 N–H and O–H groups in total. The van der Waals surface area contributed by atoms with Crippen molar-refractivity contribution >= 4 is 10.0 Å². The molecule has 4 nitrogen and oxygen atoms in total. The van der Waals surface area contributed by atoms with E-state index in [0.717, 1.165) is 7.11 Å². The summed E-state index contributed by atoms with van der Waals surface area (Å²) in [5, 5.41) is 0. The Morgan fingerprint density at radius 2 is 1.50 bits per heavy atom. The number of rotatable bonds is 5. The summed E-state index contributed by atoms with van der Waals surface area (Å²) in [6.45, 7) is 3.14. The Labute approximate surface area is 113 Å². The van der Waals surface area contributed by atoms with Crippen molar-refractivity contribution in [3.63, 3.8) is 0 Å². The molecule has 0 amide bonds. The lowest BCUT2D eigenvalue weighted by Crippen LogP contribution is -2.29. The van der Waals surface area contributed by atoms with Gasteiger partial charge in [-0.2, -0.15) is 8.78 Å². The number of methoxy groups -OCH3 is 1. The Bertz CT molecular complexity index is 588. The van der Waals surface area contributed by atoms with Gasteiger partial charge in [0, 0.05) is 6.54 Å². The molecular weight excluding hydrogens is 302 g/mol. The smallest absolute Gasteiger partial charge is 0.246 e. The number of benzene rings is 1. The van der Waals surface area contributed by atoms with Gasteiger partial charge in [0.15, 0.2) is 22.3 Å². The number of nitrogens with one attached hydrogen (secondary N) is 1. The number of hydrogen-bond donors (Lipinski definition) is 1.